The average Bonchev–Trinajstić information content (AvgIpc) is 2.92. The molecule has 5 nitrogen and oxygen atoms in total. The molecule has 0 spiro atoms. The van der Waals surface area contributed by atoms with Gasteiger partial charge in [-0.3, -0.25) is 4.90 Å². The summed E-state index contributed by atoms with van der Waals surface area (Å²) >= 11 is 0. The minimum Gasteiger partial charge on any atom is -0.394 e. The number of hydrogen-bond donors (Lipinski definition) is 2. The molecule has 2 rings (SSSR count). The molecule has 0 aromatic rings. The lowest BCUT2D eigenvalue weighted by Gasteiger charge is -2.45. The van der Waals surface area contributed by atoms with Gasteiger partial charge in [0.15, 0.2) is 0 Å². The summed E-state index contributed by atoms with van der Waals surface area (Å²) in [5.74, 6) is 1.44. The second-order valence-electron chi connectivity index (χ2n) is 7.99. The maximum Gasteiger partial charge on any atom is 0.317 e. The number of nitrogens with zero attached hydrogens (tertiary/aromatic N) is 2. The van der Waals surface area contributed by atoms with E-state index in [1.54, 1.807) is 4.90 Å². The van der Waals surface area contributed by atoms with Crippen molar-refractivity contribution in [3.8, 4) is 0 Å². The molecule has 2 aliphatic rings. The van der Waals surface area contributed by atoms with Crippen LogP contribution in [-0.4, -0.2) is 65.3 Å². The van der Waals surface area contributed by atoms with Crippen molar-refractivity contribution in [2.24, 2.45) is 11.8 Å². The summed E-state index contributed by atoms with van der Waals surface area (Å²) in [7, 11) is 0. The molecule has 2 aliphatic heterocycles. The van der Waals surface area contributed by atoms with Gasteiger partial charge in [0, 0.05) is 31.7 Å². The number of amides is 2. The molecule has 2 heterocycles. The Labute approximate surface area is 135 Å². The summed E-state index contributed by atoms with van der Waals surface area (Å²) in [6.07, 6.45) is 3.20. The van der Waals surface area contributed by atoms with Gasteiger partial charge in [0.2, 0.25) is 0 Å². The van der Waals surface area contributed by atoms with Gasteiger partial charge in [-0.15, -0.1) is 0 Å². The number of aliphatic hydroxyl groups is 1. The minimum atomic E-state index is -0.0347. The van der Waals surface area contributed by atoms with E-state index in [0.717, 1.165) is 44.3 Å². The quantitative estimate of drug-likeness (QED) is 0.834. The molecule has 3 unspecified atom stereocenters. The highest BCUT2D eigenvalue weighted by Crippen LogP contribution is 2.27. The number of nitrogens with one attached hydrogen (secondary N) is 1. The summed E-state index contributed by atoms with van der Waals surface area (Å²) in [5.41, 5.74) is -0.0347. The van der Waals surface area contributed by atoms with Crippen molar-refractivity contribution in [2.75, 3.05) is 32.8 Å². The van der Waals surface area contributed by atoms with Crippen LogP contribution < -0.4 is 5.32 Å². The van der Waals surface area contributed by atoms with Crippen molar-refractivity contribution >= 4 is 6.03 Å². The predicted molar refractivity (Wildman–Crippen MR) is 88.8 cm³/mol. The topological polar surface area (TPSA) is 55.8 Å². The number of urea groups is 1. The normalized spacial score (nSPS) is 30.6. The number of carbonyl (C=O) groups excluding carboxylic acids is 1. The smallest absolute Gasteiger partial charge is 0.317 e. The minimum absolute atomic E-state index is 0.00172. The number of aliphatic hydroxyl groups excluding tert-OH is 1. The third-order valence-electron chi connectivity index (χ3n) is 5.25. The number of rotatable bonds is 4. The molecule has 2 amide bonds. The zero-order chi connectivity index (χ0) is 16.3. The van der Waals surface area contributed by atoms with Gasteiger partial charge in [-0.25, -0.2) is 4.79 Å². The molecular weight excluding hydrogens is 278 g/mol. The Balaban J connectivity index is 1.87. The SMILES string of the molecule is CC1CC(C)CN(C(C)(C)CNC(=O)N2CCCC2CO)C1. The van der Waals surface area contributed by atoms with Gasteiger partial charge in [0.1, 0.15) is 0 Å². The van der Waals surface area contributed by atoms with Crippen LogP contribution in [0.4, 0.5) is 4.79 Å². The number of piperidine rings is 1. The van der Waals surface area contributed by atoms with Crippen LogP contribution in [0, 0.1) is 11.8 Å². The number of carbonyl (C=O) groups is 1. The van der Waals surface area contributed by atoms with Gasteiger partial charge in [-0.05, 0) is 44.9 Å². The molecule has 128 valence electrons. The maximum atomic E-state index is 12.4. The van der Waals surface area contributed by atoms with Crippen LogP contribution in [-0.2, 0) is 0 Å². The molecule has 0 bridgehead atoms. The van der Waals surface area contributed by atoms with Crippen LogP contribution in [0.25, 0.3) is 0 Å². The van der Waals surface area contributed by atoms with Gasteiger partial charge >= 0.3 is 6.03 Å². The first-order valence-corrected chi connectivity index (χ1v) is 8.74. The zero-order valence-corrected chi connectivity index (χ0v) is 14.6. The Kier molecular flexibility index (Phi) is 5.72. The van der Waals surface area contributed by atoms with E-state index in [1.165, 1.54) is 6.42 Å². The molecule has 3 atom stereocenters. The molecule has 0 aliphatic carbocycles. The monoisotopic (exact) mass is 311 g/mol. The lowest BCUT2D eigenvalue weighted by Crippen LogP contribution is -2.57. The van der Waals surface area contributed by atoms with Crippen LogP contribution in [0.15, 0.2) is 0 Å². The summed E-state index contributed by atoms with van der Waals surface area (Å²) in [6.45, 7) is 12.7. The predicted octanol–water partition coefficient (Wildman–Crippen LogP) is 1.91. The average molecular weight is 311 g/mol. The van der Waals surface area contributed by atoms with Crippen molar-refractivity contribution in [1.82, 2.24) is 15.1 Å². The van der Waals surface area contributed by atoms with E-state index in [1.807, 2.05) is 0 Å². The van der Waals surface area contributed by atoms with Crippen LogP contribution in [0.2, 0.25) is 0 Å². The van der Waals surface area contributed by atoms with Crippen LogP contribution >= 0.6 is 0 Å². The highest BCUT2D eigenvalue weighted by Gasteiger charge is 2.34. The van der Waals surface area contributed by atoms with Crippen LogP contribution in [0.3, 0.4) is 0 Å². The van der Waals surface area contributed by atoms with E-state index in [0.29, 0.717) is 6.54 Å². The molecule has 0 aromatic heterocycles. The molecule has 2 N–H and O–H groups in total. The fourth-order valence-corrected chi connectivity index (χ4v) is 3.96. The Hall–Kier alpha value is -0.810. The highest BCUT2D eigenvalue weighted by atomic mass is 16.3. The fraction of sp³-hybridized carbons (Fsp3) is 0.941. The third-order valence-corrected chi connectivity index (χ3v) is 5.25. The molecule has 0 saturated carbocycles. The number of likely N-dealkylation sites (tertiary alicyclic amines) is 2. The highest BCUT2D eigenvalue weighted by molar-refractivity contribution is 5.75. The Morgan fingerprint density at radius 3 is 2.50 bits per heavy atom. The van der Waals surface area contributed by atoms with Gasteiger partial charge in [0.05, 0.1) is 12.6 Å². The Morgan fingerprint density at radius 1 is 1.27 bits per heavy atom. The molecule has 2 saturated heterocycles. The third kappa shape index (κ3) is 4.13. The standard InChI is InChI=1S/C17H33N3O2/c1-13-8-14(2)10-19(9-13)17(3,4)12-18-16(22)20-7-5-6-15(20)11-21/h13-15,21H,5-12H2,1-4H3,(H,18,22). The van der Waals surface area contributed by atoms with Gasteiger partial charge in [-0.2, -0.15) is 0 Å². The van der Waals surface area contributed by atoms with Gasteiger partial charge in [-0.1, -0.05) is 13.8 Å². The van der Waals surface area contributed by atoms with Crippen molar-refractivity contribution in [3.63, 3.8) is 0 Å². The first-order valence-electron chi connectivity index (χ1n) is 8.74. The van der Waals surface area contributed by atoms with E-state index in [2.05, 4.69) is 37.9 Å². The molecule has 0 aromatic carbocycles. The maximum absolute atomic E-state index is 12.4. The molecule has 0 radical (unpaired) electrons. The summed E-state index contributed by atoms with van der Waals surface area (Å²) in [5, 5.41) is 12.4. The fourth-order valence-electron chi connectivity index (χ4n) is 3.96. The number of hydrogen-bond acceptors (Lipinski definition) is 3. The lowest BCUT2D eigenvalue weighted by molar-refractivity contribution is 0.0460. The van der Waals surface area contributed by atoms with Crippen molar-refractivity contribution in [2.45, 2.75) is 58.5 Å². The van der Waals surface area contributed by atoms with E-state index in [4.69, 9.17) is 0 Å². The van der Waals surface area contributed by atoms with Crippen molar-refractivity contribution < 1.29 is 9.90 Å². The zero-order valence-electron chi connectivity index (χ0n) is 14.6. The second kappa shape index (κ2) is 7.18. The van der Waals surface area contributed by atoms with Crippen molar-refractivity contribution in [3.05, 3.63) is 0 Å². The van der Waals surface area contributed by atoms with Crippen LogP contribution in [0.5, 0.6) is 0 Å². The van der Waals surface area contributed by atoms with Crippen molar-refractivity contribution in [1.29, 1.82) is 0 Å². The second-order valence-corrected chi connectivity index (χ2v) is 7.99. The van der Waals surface area contributed by atoms with E-state index < -0.39 is 0 Å². The van der Waals surface area contributed by atoms with E-state index in [-0.39, 0.29) is 24.2 Å². The van der Waals surface area contributed by atoms with Gasteiger partial charge in [0.25, 0.3) is 0 Å². The molecule has 5 heteroatoms. The Morgan fingerprint density at radius 2 is 1.91 bits per heavy atom. The first-order chi connectivity index (χ1) is 10.3. The van der Waals surface area contributed by atoms with E-state index >= 15 is 0 Å². The summed E-state index contributed by atoms with van der Waals surface area (Å²) in [4.78, 5) is 16.7. The summed E-state index contributed by atoms with van der Waals surface area (Å²) < 4.78 is 0. The van der Waals surface area contributed by atoms with Crippen LogP contribution in [0.1, 0.15) is 47.0 Å². The summed E-state index contributed by atoms with van der Waals surface area (Å²) in [6, 6.07) is -0.0270. The molecule has 22 heavy (non-hydrogen) atoms. The molecular formula is C17H33N3O2. The van der Waals surface area contributed by atoms with Gasteiger partial charge < -0.3 is 15.3 Å². The Bertz CT molecular complexity index is 376. The molecule has 2 fully saturated rings. The lowest BCUT2D eigenvalue weighted by atomic mass is 9.88. The first kappa shape index (κ1) is 17.5. The van der Waals surface area contributed by atoms with E-state index in [9.17, 15) is 9.90 Å². The largest absolute Gasteiger partial charge is 0.394 e.